The van der Waals surface area contributed by atoms with Crippen LogP contribution in [0.1, 0.15) is 18.1 Å². The molecule has 0 aliphatic carbocycles. The third-order valence-corrected chi connectivity index (χ3v) is 3.98. The number of halogens is 4. The SMILES string of the molecule is CC1=C(c2c(F)cc(F)cc2F)C(c2ccc(Cl)cc2)=CN(C)N1. The van der Waals surface area contributed by atoms with Gasteiger partial charge in [-0.25, -0.2) is 13.2 Å². The first-order valence-electron chi connectivity index (χ1n) is 7.20. The van der Waals surface area contributed by atoms with E-state index < -0.39 is 17.5 Å². The first kappa shape index (κ1) is 16.5. The number of allylic oxidation sites excluding steroid dienone is 3. The number of hydrazine groups is 1. The number of nitrogens with zero attached hydrogens (tertiary/aromatic N) is 1. The highest BCUT2D eigenvalue weighted by Crippen LogP contribution is 2.38. The van der Waals surface area contributed by atoms with E-state index in [1.807, 2.05) is 0 Å². The van der Waals surface area contributed by atoms with Crippen LogP contribution >= 0.6 is 11.6 Å². The van der Waals surface area contributed by atoms with Crippen molar-refractivity contribution in [3.63, 3.8) is 0 Å². The molecule has 1 aliphatic heterocycles. The molecule has 1 N–H and O–H groups in total. The number of hydrogen-bond acceptors (Lipinski definition) is 2. The summed E-state index contributed by atoms with van der Waals surface area (Å²) < 4.78 is 41.9. The van der Waals surface area contributed by atoms with Crippen molar-refractivity contribution in [3.05, 3.63) is 81.9 Å². The highest BCUT2D eigenvalue weighted by atomic mass is 35.5. The molecule has 1 aliphatic rings. The van der Waals surface area contributed by atoms with E-state index in [9.17, 15) is 13.2 Å². The topological polar surface area (TPSA) is 15.3 Å². The summed E-state index contributed by atoms with van der Waals surface area (Å²) in [6.07, 6.45) is 1.72. The Morgan fingerprint density at radius 1 is 1.00 bits per heavy atom. The largest absolute Gasteiger partial charge is 0.303 e. The van der Waals surface area contributed by atoms with Crippen LogP contribution in [0.2, 0.25) is 5.02 Å². The molecule has 0 aromatic heterocycles. The minimum Gasteiger partial charge on any atom is -0.303 e. The van der Waals surface area contributed by atoms with Gasteiger partial charge in [0.2, 0.25) is 0 Å². The summed E-state index contributed by atoms with van der Waals surface area (Å²) in [6.45, 7) is 1.71. The number of nitrogens with one attached hydrogen (secondary N) is 1. The first-order valence-corrected chi connectivity index (χ1v) is 7.58. The summed E-state index contributed by atoms with van der Waals surface area (Å²) in [5.74, 6) is -2.86. The lowest BCUT2D eigenvalue weighted by atomic mass is 9.90. The van der Waals surface area contributed by atoms with Gasteiger partial charge in [-0.15, -0.1) is 0 Å². The molecular weight excluding hydrogens is 337 g/mol. The Labute approximate surface area is 142 Å². The van der Waals surface area contributed by atoms with Gasteiger partial charge in [-0.1, -0.05) is 23.7 Å². The zero-order chi connectivity index (χ0) is 17.4. The van der Waals surface area contributed by atoms with Crippen molar-refractivity contribution in [3.8, 4) is 0 Å². The Hall–Kier alpha value is -2.40. The third kappa shape index (κ3) is 2.99. The fourth-order valence-corrected chi connectivity index (χ4v) is 2.89. The van der Waals surface area contributed by atoms with Crippen LogP contribution in [0.4, 0.5) is 13.2 Å². The Morgan fingerprint density at radius 3 is 2.17 bits per heavy atom. The van der Waals surface area contributed by atoms with Crippen LogP contribution < -0.4 is 5.43 Å². The fraction of sp³-hybridized carbons (Fsp3) is 0.111. The van der Waals surface area contributed by atoms with Gasteiger partial charge in [0.1, 0.15) is 17.5 Å². The lowest BCUT2D eigenvalue weighted by molar-refractivity contribution is 0.368. The van der Waals surface area contributed by atoms with Gasteiger partial charge in [-0.2, -0.15) is 0 Å². The van der Waals surface area contributed by atoms with Crippen molar-refractivity contribution in [1.82, 2.24) is 10.4 Å². The maximum atomic E-state index is 14.3. The molecule has 2 aromatic rings. The summed E-state index contributed by atoms with van der Waals surface area (Å²) in [5, 5.41) is 2.24. The van der Waals surface area contributed by atoms with Gasteiger partial charge in [0.25, 0.3) is 0 Å². The number of hydrogen-bond donors (Lipinski definition) is 1. The zero-order valence-electron chi connectivity index (χ0n) is 13.0. The Kier molecular flexibility index (Phi) is 4.28. The van der Waals surface area contributed by atoms with Crippen LogP contribution in [0.3, 0.4) is 0 Å². The molecule has 0 spiro atoms. The number of rotatable bonds is 2. The molecule has 124 valence electrons. The van der Waals surface area contributed by atoms with Crippen molar-refractivity contribution < 1.29 is 13.2 Å². The minimum absolute atomic E-state index is 0.268. The monoisotopic (exact) mass is 350 g/mol. The molecule has 0 amide bonds. The molecule has 2 nitrogen and oxygen atoms in total. The van der Waals surface area contributed by atoms with Crippen LogP contribution in [0.5, 0.6) is 0 Å². The smallest absolute Gasteiger partial charge is 0.136 e. The highest BCUT2D eigenvalue weighted by molar-refractivity contribution is 6.30. The average Bonchev–Trinajstić information content (AvgIpc) is 2.49. The molecule has 0 fully saturated rings. The van der Waals surface area contributed by atoms with E-state index in [0.29, 0.717) is 34.0 Å². The summed E-state index contributed by atoms with van der Waals surface area (Å²) in [4.78, 5) is 0. The van der Waals surface area contributed by atoms with Crippen LogP contribution in [-0.4, -0.2) is 12.1 Å². The molecular formula is C18H14ClF3N2. The predicted molar refractivity (Wildman–Crippen MR) is 89.2 cm³/mol. The normalized spacial score (nSPS) is 14.6. The highest BCUT2D eigenvalue weighted by Gasteiger charge is 2.25. The van der Waals surface area contributed by atoms with Gasteiger partial charge in [0.05, 0.1) is 5.56 Å². The maximum absolute atomic E-state index is 14.3. The molecule has 3 rings (SSSR count). The van der Waals surface area contributed by atoms with E-state index in [2.05, 4.69) is 5.43 Å². The Bertz CT molecular complexity index is 834. The van der Waals surface area contributed by atoms with Crippen LogP contribution in [0.25, 0.3) is 11.1 Å². The quantitative estimate of drug-likeness (QED) is 0.821. The van der Waals surface area contributed by atoms with Crippen molar-refractivity contribution in [2.45, 2.75) is 6.92 Å². The van der Waals surface area contributed by atoms with E-state index >= 15 is 0 Å². The van der Waals surface area contributed by atoms with Crippen molar-refractivity contribution in [2.24, 2.45) is 0 Å². The van der Waals surface area contributed by atoms with Crippen molar-refractivity contribution >= 4 is 22.7 Å². The van der Waals surface area contributed by atoms with Gasteiger partial charge in [-0.3, -0.25) is 5.01 Å². The van der Waals surface area contributed by atoms with Crippen molar-refractivity contribution in [2.75, 3.05) is 7.05 Å². The Balaban J connectivity index is 2.22. The summed E-state index contributed by atoms with van der Waals surface area (Å²) in [6, 6.07) is 8.28. The first-order chi connectivity index (χ1) is 11.4. The van der Waals surface area contributed by atoms with Gasteiger partial charge in [0, 0.05) is 47.2 Å². The number of benzene rings is 2. The standard InChI is InChI=1S/C18H14ClF3N2/c1-10-17(18-15(21)7-13(20)8-16(18)22)14(9-24(2)23-10)11-3-5-12(19)6-4-11/h3-9,23H,1-2H3. The lowest BCUT2D eigenvalue weighted by Gasteiger charge is -2.29. The Morgan fingerprint density at radius 2 is 1.58 bits per heavy atom. The van der Waals surface area contributed by atoms with E-state index in [1.165, 1.54) is 0 Å². The van der Waals surface area contributed by atoms with Crippen LogP contribution in [0, 0.1) is 17.5 Å². The lowest BCUT2D eigenvalue weighted by Crippen LogP contribution is -2.32. The fourth-order valence-electron chi connectivity index (χ4n) is 2.76. The molecule has 24 heavy (non-hydrogen) atoms. The van der Waals surface area contributed by atoms with E-state index in [0.717, 1.165) is 5.56 Å². The minimum atomic E-state index is -0.954. The van der Waals surface area contributed by atoms with E-state index in [-0.39, 0.29) is 5.56 Å². The molecule has 0 atom stereocenters. The predicted octanol–water partition coefficient (Wildman–Crippen LogP) is 4.98. The van der Waals surface area contributed by atoms with Crippen LogP contribution in [0.15, 0.2) is 48.3 Å². The second kappa shape index (κ2) is 6.24. The third-order valence-electron chi connectivity index (χ3n) is 3.72. The molecule has 0 saturated carbocycles. The second-order valence-corrected chi connectivity index (χ2v) is 5.95. The van der Waals surface area contributed by atoms with Gasteiger partial charge < -0.3 is 5.43 Å². The second-order valence-electron chi connectivity index (χ2n) is 5.52. The molecule has 1 heterocycles. The van der Waals surface area contributed by atoms with Crippen molar-refractivity contribution in [1.29, 1.82) is 0 Å². The van der Waals surface area contributed by atoms with Gasteiger partial charge in [0.15, 0.2) is 0 Å². The summed E-state index contributed by atoms with van der Waals surface area (Å²) >= 11 is 5.91. The van der Waals surface area contributed by atoms with Gasteiger partial charge in [-0.05, 0) is 24.6 Å². The molecule has 0 unspecified atom stereocenters. The zero-order valence-corrected chi connectivity index (χ0v) is 13.8. The molecule has 6 heteroatoms. The maximum Gasteiger partial charge on any atom is 0.136 e. The van der Waals surface area contributed by atoms with E-state index in [1.54, 1.807) is 49.4 Å². The molecule has 0 radical (unpaired) electrons. The van der Waals surface area contributed by atoms with Gasteiger partial charge >= 0.3 is 0 Å². The summed E-state index contributed by atoms with van der Waals surface area (Å²) in [7, 11) is 1.77. The average molecular weight is 351 g/mol. The molecule has 0 bridgehead atoms. The van der Waals surface area contributed by atoms with E-state index in [4.69, 9.17) is 11.6 Å². The summed E-state index contributed by atoms with van der Waals surface area (Å²) in [5.41, 5.74) is 4.96. The van der Waals surface area contributed by atoms with Crippen LogP contribution in [-0.2, 0) is 0 Å². The molecule has 0 saturated heterocycles. The molecule has 2 aromatic carbocycles.